The number of hydrogen-bond acceptors (Lipinski definition) is 9. The topological polar surface area (TPSA) is 109 Å². The molecule has 2 aliphatic rings. The van der Waals surface area contributed by atoms with Crippen molar-refractivity contribution < 1.29 is 38.1 Å². The minimum atomic E-state index is -0.991. The molecule has 0 spiro atoms. The maximum atomic E-state index is 13.9. The number of ketones is 1. The summed E-state index contributed by atoms with van der Waals surface area (Å²) in [6, 6.07) is 3.33. The molecule has 0 radical (unpaired) electrons. The summed E-state index contributed by atoms with van der Waals surface area (Å²) in [6.45, 7) is 7.10. The Bertz CT molecular complexity index is 1100. The number of allylic oxidation sites excluding steroid dienone is 3. The van der Waals surface area contributed by atoms with Gasteiger partial charge in [-0.25, -0.2) is 4.79 Å². The van der Waals surface area contributed by atoms with Crippen LogP contribution in [0.4, 0.5) is 0 Å². The predicted octanol–water partition coefficient (Wildman–Crippen LogP) is 3.28. The van der Waals surface area contributed by atoms with Crippen molar-refractivity contribution in [2.24, 2.45) is 11.8 Å². The van der Waals surface area contributed by atoms with Gasteiger partial charge in [0.1, 0.15) is 11.7 Å². The van der Waals surface area contributed by atoms with Crippen LogP contribution in [0.3, 0.4) is 0 Å². The van der Waals surface area contributed by atoms with Crippen molar-refractivity contribution in [1.29, 1.82) is 0 Å². The number of hydrogen-bond donors (Lipinski definition) is 1. The van der Waals surface area contributed by atoms with Crippen LogP contribution in [-0.4, -0.2) is 52.3 Å². The minimum Gasteiger partial charge on any atom is -0.496 e. The molecule has 1 N–H and O–H groups in total. The highest BCUT2D eigenvalue weighted by atomic mass is 16.5. The average Bonchev–Trinajstić information content (AvgIpc) is 2.81. The first-order valence-corrected chi connectivity index (χ1v) is 11.4. The third kappa shape index (κ3) is 4.72. The molecule has 1 aliphatic heterocycles. The number of ether oxygens (including phenoxy) is 5. The fourth-order valence-corrected chi connectivity index (χ4v) is 4.82. The van der Waals surface area contributed by atoms with Gasteiger partial charge in [0, 0.05) is 28.6 Å². The molecule has 3 atom stereocenters. The number of esters is 2. The van der Waals surface area contributed by atoms with Crippen LogP contribution in [0.5, 0.6) is 17.2 Å². The van der Waals surface area contributed by atoms with Gasteiger partial charge in [0.25, 0.3) is 0 Å². The highest BCUT2D eigenvalue weighted by Gasteiger charge is 2.48. The monoisotopic (exact) mass is 487 g/mol. The first-order valence-electron chi connectivity index (χ1n) is 11.4. The molecule has 1 aliphatic carbocycles. The lowest BCUT2D eigenvalue weighted by Gasteiger charge is -2.38. The fourth-order valence-electron chi connectivity index (χ4n) is 4.82. The van der Waals surface area contributed by atoms with E-state index in [4.69, 9.17) is 23.7 Å². The van der Waals surface area contributed by atoms with Gasteiger partial charge < -0.3 is 29.0 Å². The van der Waals surface area contributed by atoms with Gasteiger partial charge in [-0.3, -0.25) is 9.59 Å². The van der Waals surface area contributed by atoms with Crippen LogP contribution in [0.15, 0.2) is 34.7 Å². The summed E-state index contributed by atoms with van der Waals surface area (Å²) in [4.78, 5) is 39.8. The Labute approximate surface area is 205 Å². The van der Waals surface area contributed by atoms with Gasteiger partial charge in [-0.2, -0.15) is 0 Å². The molecule has 9 nitrogen and oxygen atoms in total. The quantitative estimate of drug-likeness (QED) is 0.458. The van der Waals surface area contributed by atoms with E-state index in [9.17, 15) is 14.4 Å². The van der Waals surface area contributed by atoms with E-state index < -0.39 is 29.6 Å². The largest absolute Gasteiger partial charge is 0.496 e. The first-order chi connectivity index (χ1) is 16.6. The maximum Gasteiger partial charge on any atom is 0.337 e. The van der Waals surface area contributed by atoms with Gasteiger partial charge in [0.2, 0.25) is 0 Å². The molecule has 3 rings (SSSR count). The average molecular weight is 488 g/mol. The lowest BCUT2D eigenvalue weighted by molar-refractivity contribution is -0.151. The Morgan fingerprint density at radius 2 is 1.60 bits per heavy atom. The van der Waals surface area contributed by atoms with Crippen molar-refractivity contribution in [2.75, 3.05) is 28.4 Å². The molecule has 0 fully saturated rings. The van der Waals surface area contributed by atoms with Crippen LogP contribution >= 0.6 is 0 Å². The maximum absolute atomic E-state index is 13.9. The third-order valence-electron chi connectivity index (χ3n) is 6.35. The molecule has 0 unspecified atom stereocenters. The summed E-state index contributed by atoms with van der Waals surface area (Å²) >= 11 is 0. The zero-order valence-corrected chi connectivity index (χ0v) is 21.4. The Kier molecular flexibility index (Phi) is 7.77. The third-order valence-corrected chi connectivity index (χ3v) is 6.35. The predicted molar refractivity (Wildman–Crippen MR) is 127 cm³/mol. The number of methoxy groups -OCH3 is 4. The van der Waals surface area contributed by atoms with E-state index in [1.54, 1.807) is 32.9 Å². The van der Waals surface area contributed by atoms with Crippen molar-refractivity contribution in [3.63, 3.8) is 0 Å². The number of benzene rings is 1. The summed E-state index contributed by atoms with van der Waals surface area (Å²) in [7, 11) is 5.75. The smallest absolute Gasteiger partial charge is 0.337 e. The molecule has 1 aromatic carbocycles. The number of nitrogens with one attached hydrogen (secondary N) is 1. The van der Waals surface area contributed by atoms with E-state index in [1.807, 2.05) is 6.92 Å². The number of rotatable bonds is 7. The van der Waals surface area contributed by atoms with Gasteiger partial charge in [0.05, 0.1) is 46.0 Å². The molecule has 0 aromatic heterocycles. The summed E-state index contributed by atoms with van der Waals surface area (Å²) in [5.74, 6) is -2.49. The van der Waals surface area contributed by atoms with Crippen LogP contribution in [0.25, 0.3) is 0 Å². The van der Waals surface area contributed by atoms with Gasteiger partial charge in [-0.1, -0.05) is 6.92 Å². The van der Waals surface area contributed by atoms with Crippen molar-refractivity contribution in [2.45, 2.75) is 46.1 Å². The molecule has 35 heavy (non-hydrogen) atoms. The van der Waals surface area contributed by atoms with Crippen LogP contribution < -0.4 is 19.5 Å². The normalized spacial score (nSPS) is 21.9. The van der Waals surface area contributed by atoms with Crippen LogP contribution in [0.1, 0.15) is 45.6 Å². The van der Waals surface area contributed by atoms with Crippen LogP contribution in [-0.2, 0) is 23.9 Å². The van der Waals surface area contributed by atoms with Gasteiger partial charge in [-0.05, 0) is 39.2 Å². The molecule has 0 saturated carbocycles. The van der Waals surface area contributed by atoms with Crippen molar-refractivity contribution in [1.82, 2.24) is 5.32 Å². The Hall–Kier alpha value is -3.49. The highest BCUT2D eigenvalue weighted by molar-refractivity contribution is 6.12. The van der Waals surface area contributed by atoms with E-state index in [0.29, 0.717) is 46.2 Å². The molecule has 1 aromatic rings. The molecule has 0 saturated heterocycles. The Balaban J connectivity index is 2.32. The summed E-state index contributed by atoms with van der Waals surface area (Å²) in [5.41, 5.74) is 2.30. The summed E-state index contributed by atoms with van der Waals surface area (Å²) < 4.78 is 27.1. The molecular weight excluding hydrogens is 454 g/mol. The lowest BCUT2D eigenvalue weighted by Crippen LogP contribution is -2.43. The highest BCUT2D eigenvalue weighted by Crippen LogP contribution is 2.49. The second-order valence-electron chi connectivity index (χ2n) is 8.94. The zero-order valence-electron chi connectivity index (χ0n) is 21.4. The van der Waals surface area contributed by atoms with Crippen molar-refractivity contribution in [3.05, 3.63) is 40.2 Å². The van der Waals surface area contributed by atoms with E-state index in [-0.39, 0.29) is 17.6 Å². The Morgan fingerprint density at radius 1 is 1.00 bits per heavy atom. The molecule has 1 heterocycles. The van der Waals surface area contributed by atoms with E-state index in [1.165, 1.54) is 28.4 Å². The van der Waals surface area contributed by atoms with E-state index in [2.05, 4.69) is 5.32 Å². The zero-order chi connectivity index (χ0) is 26.0. The van der Waals surface area contributed by atoms with Gasteiger partial charge in [-0.15, -0.1) is 0 Å². The van der Waals surface area contributed by atoms with Gasteiger partial charge in [0.15, 0.2) is 17.3 Å². The van der Waals surface area contributed by atoms with Crippen LogP contribution in [0.2, 0.25) is 0 Å². The summed E-state index contributed by atoms with van der Waals surface area (Å²) in [6.07, 6.45) is 0.0487. The Morgan fingerprint density at radius 3 is 2.14 bits per heavy atom. The molecular formula is C26H33NO8. The minimum absolute atomic E-state index is 0.259. The SMILES string of the molecule is COC(=O)[C@@H]1C(=O)C2=C(C[C@@H]1C)NC(C)=C(C(=O)OC(C)C)[C@@H]2c1cc(OC)c(OC)cc1OC. The van der Waals surface area contributed by atoms with Crippen molar-refractivity contribution >= 4 is 17.7 Å². The molecule has 0 bridgehead atoms. The lowest BCUT2D eigenvalue weighted by atomic mass is 9.69. The molecule has 0 amide bonds. The van der Waals surface area contributed by atoms with Crippen LogP contribution in [0, 0.1) is 11.8 Å². The number of carbonyl (C=O) groups excluding carboxylic acids is 3. The first kappa shape index (κ1) is 26.1. The number of carbonyl (C=O) groups is 3. The molecule has 9 heteroatoms. The van der Waals surface area contributed by atoms with E-state index >= 15 is 0 Å². The number of Topliss-reactive ketones (excluding diaryl/α,β-unsaturated/α-hetero) is 1. The van der Waals surface area contributed by atoms with Crippen molar-refractivity contribution in [3.8, 4) is 17.2 Å². The fraction of sp³-hybridized carbons (Fsp3) is 0.500. The van der Waals surface area contributed by atoms with Gasteiger partial charge >= 0.3 is 11.9 Å². The second kappa shape index (κ2) is 10.4. The summed E-state index contributed by atoms with van der Waals surface area (Å²) in [5, 5.41) is 3.24. The van der Waals surface area contributed by atoms with E-state index in [0.717, 1.165) is 0 Å². The number of dihydropyridines is 1. The molecule has 190 valence electrons. The second-order valence-corrected chi connectivity index (χ2v) is 8.94. The standard InChI is InChI=1S/C26H33NO8/c1-12(2)35-26(30)21-14(4)27-16-9-13(3)20(25(29)34-8)24(28)23(16)22(21)15-10-18(32-6)19(33-7)11-17(15)31-5/h10-13,20,22,27H,9H2,1-8H3/t13-,20-,22-/m0/s1.